The Morgan fingerprint density at radius 2 is 1.91 bits per heavy atom. The Hall–Kier alpha value is -2.37. The minimum absolute atomic E-state index is 0.0815. The number of hydrogen-bond donors (Lipinski definition) is 2. The van der Waals surface area contributed by atoms with Crippen LogP contribution in [-0.2, 0) is 9.59 Å². The summed E-state index contributed by atoms with van der Waals surface area (Å²) >= 11 is 0. The van der Waals surface area contributed by atoms with E-state index in [1.165, 1.54) is 0 Å². The number of amides is 3. The predicted octanol–water partition coefficient (Wildman–Crippen LogP) is 0.296. The molecule has 1 saturated heterocycles. The van der Waals surface area contributed by atoms with E-state index in [0.29, 0.717) is 24.6 Å². The number of nitrogens with one attached hydrogen (secondary N) is 2. The van der Waals surface area contributed by atoms with Crippen LogP contribution < -0.4 is 10.6 Å². The molecule has 0 spiro atoms. The van der Waals surface area contributed by atoms with Crippen molar-refractivity contribution >= 4 is 17.7 Å². The molecule has 1 aliphatic heterocycles. The van der Waals surface area contributed by atoms with Crippen molar-refractivity contribution in [2.24, 2.45) is 0 Å². The standard InChI is InChI=1S/C16H19N3O3/c20-14(9-17-16(22)11-4-2-1-3-5-11)18-12-8-15(21)19(10-12)13-6-7-13/h1-5,12-13H,6-10H2,(H,17,22)(H,18,20). The molecule has 2 fully saturated rings. The number of rotatable bonds is 5. The summed E-state index contributed by atoms with van der Waals surface area (Å²) in [5.41, 5.74) is 0.520. The van der Waals surface area contributed by atoms with Gasteiger partial charge in [0, 0.05) is 24.6 Å². The Morgan fingerprint density at radius 1 is 1.18 bits per heavy atom. The number of hydrogen-bond acceptors (Lipinski definition) is 3. The largest absolute Gasteiger partial charge is 0.350 e. The Kier molecular flexibility index (Phi) is 4.09. The third kappa shape index (κ3) is 3.44. The smallest absolute Gasteiger partial charge is 0.251 e. The van der Waals surface area contributed by atoms with Gasteiger partial charge >= 0.3 is 0 Å². The lowest BCUT2D eigenvalue weighted by atomic mass is 10.2. The molecule has 1 aromatic carbocycles. The van der Waals surface area contributed by atoms with Crippen LogP contribution in [0.25, 0.3) is 0 Å². The number of benzene rings is 1. The van der Waals surface area contributed by atoms with Gasteiger partial charge in [0.25, 0.3) is 5.91 Å². The van der Waals surface area contributed by atoms with Crippen LogP contribution in [0.15, 0.2) is 30.3 Å². The van der Waals surface area contributed by atoms with E-state index in [2.05, 4.69) is 10.6 Å². The minimum atomic E-state index is -0.280. The van der Waals surface area contributed by atoms with Crippen molar-refractivity contribution in [3.63, 3.8) is 0 Å². The third-order valence-electron chi connectivity index (χ3n) is 3.96. The van der Waals surface area contributed by atoms with Crippen molar-refractivity contribution in [1.82, 2.24) is 15.5 Å². The fraction of sp³-hybridized carbons (Fsp3) is 0.438. The molecule has 6 heteroatoms. The number of likely N-dealkylation sites (tertiary alicyclic amines) is 1. The van der Waals surface area contributed by atoms with Crippen LogP contribution in [0.3, 0.4) is 0 Å². The van der Waals surface area contributed by atoms with Gasteiger partial charge < -0.3 is 15.5 Å². The highest BCUT2D eigenvalue weighted by Crippen LogP contribution is 2.30. The van der Waals surface area contributed by atoms with Gasteiger partial charge in [0.2, 0.25) is 11.8 Å². The van der Waals surface area contributed by atoms with Crippen LogP contribution in [0, 0.1) is 0 Å². The van der Waals surface area contributed by atoms with E-state index >= 15 is 0 Å². The van der Waals surface area contributed by atoms with Crippen molar-refractivity contribution in [3.05, 3.63) is 35.9 Å². The molecule has 3 amide bonds. The van der Waals surface area contributed by atoms with Gasteiger partial charge in [-0.1, -0.05) is 18.2 Å². The molecule has 6 nitrogen and oxygen atoms in total. The molecular formula is C16H19N3O3. The Balaban J connectivity index is 1.43. The lowest BCUT2D eigenvalue weighted by molar-refractivity contribution is -0.128. The highest BCUT2D eigenvalue weighted by Gasteiger charge is 2.39. The molecule has 0 bridgehead atoms. The van der Waals surface area contributed by atoms with E-state index in [4.69, 9.17) is 0 Å². The van der Waals surface area contributed by atoms with Crippen LogP contribution in [0.4, 0.5) is 0 Å². The Labute approximate surface area is 128 Å². The summed E-state index contributed by atoms with van der Waals surface area (Å²) in [6.07, 6.45) is 2.49. The molecule has 3 rings (SSSR count). The zero-order valence-electron chi connectivity index (χ0n) is 12.2. The first-order valence-corrected chi connectivity index (χ1v) is 7.55. The lowest BCUT2D eigenvalue weighted by Crippen LogP contribution is -2.43. The van der Waals surface area contributed by atoms with Gasteiger partial charge in [0.15, 0.2) is 0 Å². The summed E-state index contributed by atoms with van der Waals surface area (Å²) in [4.78, 5) is 37.4. The molecule has 1 heterocycles. The van der Waals surface area contributed by atoms with Crippen LogP contribution in [-0.4, -0.2) is 47.8 Å². The third-order valence-corrected chi connectivity index (χ3v) is 3.96. The summed E-state index contributed by atoms with van der Waals surface area (Å²) in [5.74, 6) is -0.432. The second-order valence-electron chi connectivity index (χ2n) is 5.79. The monoisotopic (exact) mass is 301 g/mol. The van der Waals surface area contributed by atoms with E-state index in [9.17, 15) is 14.4 Å². The predicted molar refractivity (Wildman–Crippen MR) is 80.1 cm³/mol. The highest BCUT2D eigenvalue weighted by molar-refractivity contribution is 5.96. The van der Waals surface area contributed by atoms with Crippen molar-refractivity contribution in [2.45, 2.75) is 31.3 Å². The summed E-state index contributed by atoms with van der Waals surface area (Å²) < 4.78 is 0. The van der Waals surface area contributed by atoms with Crippen LogP contribution in [0.5, 0.6) is 0 Å². The second-order valence-corrected chi connectivity index (χ2v) is 5.79. The van der Waals surface area contributed by atoms with E-state index in [-0.39, 0.29) is 30.3 Å². The number of carbonyl (C=O) groups is 3. The molecule has 1 saturated carbocycles. The van der Waals surface area contributed by atoms with Crippen molar-refractivity contribution in [3.8, 4) is 0 Å². The zero-order chi connectivity index (χ0) is 15.5. The van der Waals surface area contributed by atoms with Gasteiger partial charge in [-0.25, -0.2) is 0 Å². The molecule has 116 valence electrons. The van der Waals surface area contributed by atoms with Crippen LogP contribution in [0.2, 0.25) is 0 Å². The van der Waals surface area contributed by atoms with Gasteiger partial charge in [0.05, 0.1) is 12.6 Å². The Bertz CT molecular complexity index is 584. The maximum atomic E-state index is 11.9. The lowest BCUT2D eigenvalue weighted by Gasteiger charge is -2.16. The van der Waals surface area contributed by atoms with Gasteiger partial charge in [0.1, 0.15) is 0 Å². The average molecular weight is 301 g/mol. The topological polar surface area (TPSA) is 78.5 Å². The average Bonchev–Trinajstić information content (AvgIpc) is 3.30. The maximum absolute atomic E-state index is 11.9. The summed E-state index contributed by atoms with van der Waals surface area (Å²) in [7, 11) is 0. The fourth-order valence-corrected chi connectivity index (χ4v) is 2.70. The van der Waals surface area contributed by atoms with Gasteiger partial charge in [-0.3, -0.25) is 14.4 Å². The molecule has 1 aromatic rings. The van der Waals surface area contributed by atoms with E-state index in [1.54, 1.807) is 24.3 Å². The minimum Gasteiger partial charge on any atom is -0.350 e. The summed E-state index contributed by atoms with van der Waals surface area (Å²) in [5, 5.41) is 5.39. The van der Waals surface area contributed by atoms with Gasteiger partial charge in [-0.2, -0.15) is 0 Å². The summed E-state index contributed by atoms with van der Waals surface area (Å²) in [6.45, 7) is 0.504. The van der Waals surface area contributed by atoms with Crippen LogP contribution >= 0.6 is 0 Å². The number of nitrogens with zero attached hydrogens (tertiary/aromatic N) is 1. The van der Waals surface area contributed by atoms with E-state index in [1.807, 2.05) is 11.0 Å². The Morgan fingerprint density at radius 3 is 2.59 bits per heavy atom. The molecule has 0 radical (unpaired) electrons. The molecule has 1 aliphatic carbocycles. The van der Waals surface area contributed by atoms with Crippen molar-refractivity contribution in [1.29, 1.82) is 0 Å². The zero-order valence-corrected chi connectivity index (χ0v) is 12.2. The first-order chi connectivity index (χ1) is 10.6. The first-order valence-electron chi connectivity index (χ1n) is 7.55. The van der Waals surface area contributed by atoms with E-state index < -0.39 is 0 Å². The van der Waals surface area contributed by atoms with Gasteiger partial charge in [-0.15, -0.1) is 0 Å². The fourth-order valence-electron chi connectivity index (χ4n) is 2.70. The van der Waals surface area contributed by atoms with Gasteiger partial charge in [-0.05, 0) is 25.0 Å². The molecule has 1 unspecified atom stereocenters. The van der Waals surface area contributed by atoms with Crippen molar-refractivity contribution < 1.29 is 14.4 Å². The molecule has 1 atom stereocenters. The molecule has 0 aromatic heterocycles. The number of carbonyl (C=O) groups excluding carboxylic acids is 3. The summed E-state index contributed by atoms with van der Waals surface area (Å²) in [6, 6.07) is 8.98. The molecule has 2 N–H and O–H groups in total. The highest BCUT2D eigenvalue weighted by atomic mass is 16.2. The molecule has 22 heavy (non-hydrogen) atoms. The molecular weight excluding hydrogens is 282 g/mol. The van der Waals surface area contributed by atoms with Crippen LogP contribution in [0.1, 0.15) is 29.6 Å². The van der Waals surface area contributed by atoms with Crippen molar-refractivity contribution in [2.75, 3.05) is 13.1 Å². The quantitative estimate of drug-likeness (QED) is 0.821. The SMILES string of the molecule is O=C(CNC(=O)c1ccccc1)NC1CC(=O)N(C2CC2)C1. The van der Waals surface area contributed by atoms with E-state index in [0.717, 1.165) is 12.8 Å². The first kappa shape index (κ1) is 14.6. The second kappa shape index (κ2) is 6.17. The normalized spacial score (nSPS) is 20.8. The molecule has 2 aliphatic rings. The maximum Gasteiger partial charge on any atom is 0.251 e.